The SMILES string of the molecule is C[C@H](O)c1ccc(Br)cc1OCc1ccc(Cl)s1. The molecule has 2 rings (SSSR count). The van der Waals surface area contributed by atoms with E-state index in [0.29, 0.717) is 12.4 Å². The third-order valence-corrected chi connectivity index (χ3v) is 4.12. The predicted molar refractivity (Wildman–Crippen MR) is 78.4 cm³/mol. The molecular weight excluding hydrogens is 336 g/mol. The van der Waals surface area contributed by atoms with Gasteiger partial charge in [-0.1, -0.05) is 33.6 Å². The van der Waals surface area contributed by atoms with E-state index in [1.165, 1.54) is 11.3 Å². The van der Waals surface area contributed by atoms with E-state index in [4.69, 9.17) is 16.3 Å². The Bertz CT molecular complexity index is 540. The fourth-order valence-electron chi connectivity index (χ4n) is 1.56. The predicted octanol–water partition coefficient (Wildman–Crippen LogP) is 4.80. The van der Waals surface area contributed by atoms with Gasteiger partial charge in [0, 0.05) is 14.9 Å². The van der Waals surface area contributed by atoms with Crippen LogP contribution in [0.25, 0.3) is 0 Å². The van der Waals surface area contributed by atoms with E-state index in [9.17, 15) is 5.11 Å². The van der Waals surface area contributed by atoms with Crippen molar-refractivity contribution in [2.45, 2.75) is 19.6 Å². The van der Waals surface area contributed by atoms with Crippen molar-refractivity contribution in [2.75, 3.05) is 0 Å². The summed E-state index contributed by atoms with van der Waals surface area (Å²) in [7, 11) is 0. The zero-order valence-electron chi connectivity index (χ0n) is 9.69. The first-order valence-corrected chi connectivity index (χ1v) is 7.39. The van der Waals surface area contributed by atoms with Crippen LogP contribution in [0.15, 0.2) is 34.8 Å². The number of benzene rings is 1. The Balaban J connectivity index is 2.15. The Morgan fingerprint density at radius 3 is 2.78 bits per heavy atom. The van der Waals surface area contributed by atoms with Crippen molar-refractivity contribution in [3.63, 3.8) is 0 Å². The Kier molecular flexibility index (Phi) is 4.67. The van der Waals surface area contributed by atoms with Gasteiger partial charge in [-0.3, -0.25) is 0 Å². The fourth-order valence-corrected chi connectivity index (χ4v) is 2.90. The van der Waals surface area contributed by atoms with E-state index in [-0.39, 0.29) is 0 Å². The van der Waals surface area contributed by atoms with Gasteiger partial charge in [-0.15, -0.1) is 11.3 Å². The van der Waals surface area contributed by atoms with Gasteiger partial charge in [-0.2, -0.15) is 0 Å². The monoisotopic (exact) mass is 346 g/mol. The van der Waals surface area contributed by atoms with Gasteiger partial charge < -0.3 is 9.84 Å². The van der Waals surface area contributed by atoms with Crippen LogP contribution >= 0.6 is 38.9 Å². The van der Waals surface area contributed by atoms with E-state index >= 15 is 0 Å². The first-order chi connectivity index (χ1) is 8.56. The van der Waals surface area contributed by atoms with Gasteiger partial charge in [0.1, 0.15) is 12.4 Å². The van der Waals surface area contributed by atoms with Gasteiger partial charge in [0.25, 0.3) is 0 Å². The molecule has 2 nitrogen and oxygen atoms in total. The second-order valence-corrected chi connectivity index (χ2v) is 6.57. The van der Waals surface area contributed by atoms with E-state index in [0.717, 1.165) is 19.2 Å². The maximum atomic E-state index is 9.68. The van der Waals surface area contributed by atoms with Crippen molar-refractivity contribution in [3.05, 3.63) is 49.6 Å². The van der Waals surface area contributed by atoms with E-state index in [1.807, 2.05) is 30.3 Å². The highest BCUT2D eigenvalue weighted by Crippen LogP contribution is 2.30. The lowest BCUT2D eigenvalue weighted by atomic mass is 10.1. The Morgan fingerprint density at radius 1 is 1.39 bits per heavy atom. The summed E-state index contributed by atoms with van der Waals surface area (Å²) in [6.07, 6.45) is -0.556. The molecule has 0 aliphatic rings. The molecule has 0 aliphatic carbocycles. The summed E-state index contributed by atoms with van der Waals surface area (Å²) < 4.78 is 7.41. The molecule has 5 heteroatoms. The zero-order chi connectivity index (χ0) is 13.1. The Hall–Kier alpha value is -0.550. The highest BCUT2D eigenvalue weighted by molar-refractivity contribution is 9.10. The molecule has 1 aromatic heterocycles. The minimum Gasteiger partial charge on any atom is -0.488 e. The molecule has 0 unspecified atom stereocenters. The topological polar surface area (TPSA) is 29.5 Å². The second kappa shape index (κ2) is 6.06. The first-order valence-electron chi connectivity index (χ1n) is 5.41. The normalized spacial score (nSPS) is 12.4. The summed E-state index contributed by atoms with van der Waals surface area (Å²) in [6, 6.07) is 9.38. The summed E-state index contributed by atoms with van der Waals surface area (Å²) in [4.78, 5) is 1.05. The highest BCUT2D eigenvalue weighted by Gasteiger charge is 2.10. The third-order valence-electron chi connectivity index (χ3n) is 2.42. The van der Waals surface area contributed by atoms with Crippen molar-refractivity contribution in [2.24, 2.45) is 0 Å². The van der Waals surface area contributed by atoms with Crippen LogP contribution in [0.4, 0.5) is 0 Å². The molecule has 96 valence electrons. The highest BCUT2D eigenvalue weighted by atomic mass is 79.9. The van der Waals surface area contributed by atoms with Crippen LogP contribution in [0.2, 0.25) is 4.34 Å². The maximum Gasteiger partial charge on any atom is 0.126 e. The van der Waals surface area contributed by atoms with Crippen LogP contribution in [0.3, 0.4) is 0 Å². The average molecular weight is 348 g/mol. The smallest absolute Gasteiger partial charge is 0.126 e. The lowest BCUT2D eigenvalue weighted by Crippen LogP contribution is -2.00. The average Bonchev–Trinajstić information content (AvgIpc) is 2.72. The van der Waals surface area contributed by atoms with Crippen molar-refractivity contribution in [3.8, 4) is 5.75 Å². The number of ether oxygens (including phenoxy) is 1. The van der Waals surface area contributed by atoms with Gasteiger partial charge in [0.05, 0.1) is 10.4 Å². The molecule has 0 amide bonds. The molecule has 1 atom stereocenters. The van der Waals surface area contributed by atoms with Crippen LogP contribution in [0.5, 0.6) is 5.75 Å². The van der Waals surface area contributed by atoms with Gasteiger partial charge >= 0.3 is 0 Å². The molecule has 0 radical (unpaired) electrons. The fraction of sp³-hybridized carbons (Fsp3) is 0.231. The van der Waals surface area contributed by atoms with Gasteiger partial charge in [0.15, 0.2) is 0 Å². The van der Waals surface area contributed by atoms with Crippen molar-refractivity contribution in [1.82, 2.24) is 0 Å². The van der Waals surface area contributed by atoms with Crippen LogP contribution in [0.1, 0.15) is 23.5 Å². The van der Waals surface area contributed by atoms with E-state index in [2.05, 4.69) is 15.9 Å². The Morgan fingerprint density at radius 2 is 2.17 bits per heavy atom. The summed E-state index contributed by atoms with van der Waals surface area (Å²) in [6.45, 7) is 2.17. The number of rotatable bonds is 4. The van der Waals surface area contributed by atoms with E-state index < -0.39 is 6.10 Å². The number of hydrogen-bond donors (Lipinski definition) is 1. The van der Waals surface area contributed by atoms with Crippen LogP contribution in [0, 0.1) is 0 Å². The molecular formula is C13H12BrClO2S. The van der Waals surface area contributed by atoms with Crippen molar-refractivity contribution >= 4 is 38.9 Å². The number of thiophene rings is 1. The minimum atomic E-state index is -0.556. The van der Waals surface area contributed by atoms with Gasteiger partial charge in [-0.25, -0.2) is 0 Å². The molecule has 0 bridgehead atoms. The standard InChI is InChI=1S/C13H12BrClO2S/c1-8(16)11-4-2-9(14)6-12(11)17-7-10-3-5-13(15)18-10/h2-6,8,16H,7H2,1H3/t8-/m0/s1. The lowest BCUT2D eigenvalue weighted by molar-refractivity contribution is 0.190. The lowest BCUT2D eigenvalue weighted by Gasteiger charge is -2.13. The minimum absolute atomic E-state index is 0.452. The summed E-state index contributed by atoms with van der Waals surface area (Å²) >= 11 is 10.8. The third kappa shape index (κ3) is 3.48. The van der Waals surface area contributed by atoms with Crippen molar-refractivity contribution < 1.29 is 9.84 Å². The molecule has 0 spiro atoms. The molecule has 0 saturated heterocycles. The molecule has 2 aromatic rings. The molecule has 1 aromatic carbocycles. The molecule has 1 N–H and O–H groups in total. The zero-order valence-corrected chi connectivity index (χ0v) is 12.8. The maximum absolute atomic E-state index is 9.68. The van der Waals surface area contributed by atoms with Crippen LogP contribution in [-0.2, 0) is 6.61 Å². The number of aliphatic hydroxyl groups is 1. The molecule has 0 saturated carbocycles. The van der Waals surface area contributed by atoms with Crippen molar-refractivity contribution in [1.29, 1.82) is 0 Å². The van der Waals surface area contributed by atoms with Crippen LogP contribution in [-0.4, -0.2) is 5.11 Å². The summed E-state index contributed by atoms with van der Waals surface area (Å²) in [5, 5.41) is 9.68. The van der Waals surface area contributed by atoms with Gasteiger partial charge in [-0.05, 0) is 31.2 Å². The molecule has 0 aliphatic heterocycles. The second-order valence-electron chi connectivity index (χ2n) is 3.85. The largest absolute Gasteiger partial charge is 0.488 e. The summed E-state index contributed by atoms with van der Waals surface area (Å²) in [5.41, 5.74) is 0.779. The number of aliphatic hydroxyl groups excluding tert-OH is 1. The quantitative estimate of drug-likeness (QED) is 0.861. The van der Waals surface area contributed by atoms with E-state index in [1.54, 1.807) is 6.92 Å². The molecule has 0 fully saturated rings. The molecule has 1 heterocycles. The number of hydrogen-bond acceptors (Lipinski definition) is 3. The van der Waals surface area contributed by atoms with Crippen LogP contribution < -0.4 is 4.74 Å². The molecule has 18 heavy (non-hydrogen) atoms. The number of halogens is 2. The Labute approximate surface area is 123 Å². The first kappa shape index (κ1) is 13.9. The van der Waals surface area contributed by atoms with Gasteiger partial charge in [0.2, 0.25) is 0 Å². The summed E-state index contributed by atoms with van der Waals surface area (Å²) in [5.74, 6) is 0.684.